The molecule has 2 amide bonds. The van der Waals surface area contributed by atoms with Crippen molar-refractivity contribution < 1.29 is 4.79 Å². The van der Waals surface area contributed by atoms with Crippen LogP contribution in [0.1, 0.15) is 35.3 Å². The number of aryl methyl sites for hydroxylation is 2. The van der Waals surface area contributed by atoms with Gasteiger partial charge in [0.25, 0.3) is 0 Å². The van der Waals surface area contributed by atoms with Crippen LogP contribution in [0.3, 0.4) is 0 Å². The zero-order valence-corrected chi connectivity index (χ0v) is 13.0. The predicted molar refractivity (Wildman–Crippen MR) is 80.9 cm³/mol. The van der Waals surface area contributed by atoms with Crippen molar-refractivity contribution in [2.24, 2.45) is 13.0 Å². The van der Waals surface area contributed by atoms with Gasteiger partial charge in [-0.05, 0) is 31.7 Å². The lowest BCUT2D eigenvalue weighted by molar-refractivity contribution is 0.235. The second-order valence-electron chi connectivity index (χ2n) is 5.42. The standard InChI is InChI=1S/C14H19N5OS/c1-9-8-21-13(17-9)12(10-3-4-10)18-14(20)15-7-11-5-6-16-19(11)2/h5-6,8,10,12H,3-4,7H2,1-2H3,(H2,15,18,20). The van der Waals surface area contributed by atoms with Gasteiger partial charge in [-0.2, -0.15) is 5.10 Å². The molecule has 1 aliphatic carbocycles. The lowest BCUT2D eigenvalue weighted by Crippen LogP contribution is -2.38. The summed E-state index contributed by atoms with van der Waals surface area (Å²) < 4.78 is 1.75. The molecule has 0 bridgehead atoms. The Bertz CT molecular complexity index is 631. The van der Waals surface area contributed by atoms with E-state index in [2.05, 4.69) is 20.7 Å². The van der Waals surface area contributed by atoms with Gasteiger partial charge in [0.15, 0.2) is 0 Å². The molecular formula is C14H19N5OS. The molecule has 1 atom stereocenters. The largest absolute Gasteiger partial charge is 0.333 e. The molecule has 2 N–H and O–H groups in total. The van der Waals surface area contributed by atoms with E-state index in [-0.39, 0.29) is 12.1 Å². The number of amides is 2. The SMILES string of the molecule is Cc1csc(C(NC(=O)NCc2ccnn2C)C2CC2)n1. The first-order chi connectivity index (χ1) is 10.1. The molecule has 3 rings (SSSR count). The van der Waals surface area contributed by atoms with Crippen LogP contribution in [-0.2, 0) is 13.6 Å². The lowest BCUT2D eigenvalue weighted by Gasteiger charge is -2.16. The Morgan fingerprint density at radius 1 is 1.57 bits per heavy atom. The Balaban J connectivity index is 1.58. The van der Waals surface area contributed by atoms with Gasteiger partial charge in [0.2, 0.25) is 0 Å². The van der Waals surface area contributed by atoms with Crippen LogP contribution in [0, 0.1) is 12.8 Å². The molecular weight excluding hydrogens is 286 g/mol. The smallest absolute Gasteiger partial charge is 0.315 e. The molecule has 0 aromatic carbocycles. The molecule has 1 aliphatic rings. The Hall–Kier alpha value is -1.89. The third-order valence-electron chi connectivity index (χ3n) is 3.64. The van der Waals surface area contributed by atoms with Crippen LogP contribution >= 0.6 is 11.3 Å². The molecule has 2 aromatic rings. The molecule has 1 saturated carbocycles. The van der Waals surface area contributed by atoms with E-state index in [0.29, 0.717) is 12.5 Å². The van der Waals surface area contributed by atoms with Crippen molar-refractivity contribution in [3.05, 3.63) is 34.0 Å². The summed E-state index contributed by atoms with van der Waals surface area (Å²) in [6, 6.07) is 1.78. The fourth-order valence-corrected chi connectivity index (χ4v) is 3.20. The quantitative estimate of drug-likeness (QED) is 0.889. The highest BCUT2D eigenvalue weighted by molar-refractivity contribution is 7.09. The number of thiazole rings is 1. The minimum atomic E-state index is -0.152. The molecule has 0 radical (unpaired) electrons. The number of aromatic nitrogens is 3. The van der Waals surface area contributed by atoms with Gasteiger partial charge in [-0.25, -0.2) is 9.78 Å². The van der Waals surface area contributed by atoms with Gasteiger partial charge in [0, 0.05) is 24.3 Å². The number of carbonyl (C=O) groups excluding carboxylic acids is 1. The maximum atomic E-state index is 12.1. The van der Waals surface area contributed by atoms with E-state index >= 15 is 0 Å². The molecule has 2 aromatic heterocycles. The average molecular weight is 305 g/mol. The first kappa shape index (κ1) is 14.1. The molecule has 112 valence electrons. The Kier molecular flexibility index (Phi) is 3.92. The van der Waals surface area contributed by atoms with Crippen molar-refractivity contribution in [1.82, 2.24) is 25.4 Å². The summed E-state index contributed by atoms with van der Waals surface area (Å²) >= 11 is 1.62. The monoisotopic (exact) mass is 305 g/mol. The lowest BCUT2D eigenvalue weighted by atomic mass is 10.2. The van der Waals surface area contributed by atoms with Crippen LogP contribution in [0.2, 0.25) is 0 Å². The highest BCUT2D eigenvalue weighted by atomic mass is 32.1. The second-order valence-corrected chi connectivity index (χ2v) is 6.31. The first-order valence-corrected chi connectivity index (χ1v) is 7.94. The van der Waals surface area contributed by atoms with E-state index in [4.69, 9.17) is 0 Å². The Morgan fingerprint density at radius 3 is 2.95 bits per heavy atom. The average Bonchev–Trinajstić information content (AvgIpc) is 3.08. The van der Waals surface area contributed by atoms with E-state index < -0.39 is 0 Å². The normalized spacial score (nSPS) is 15.7. The van der Waals surface area contributed by atoms with E-state index in [1.165, 1.54) is 0 Å². The van der Waals surface area contributed by atoms with Crippen molar-refractivity contribution in [3.8, 4) is 0 Å². The highest BCUT2D eigenvalue weighted by Crippen LogP contribution is 2.41. The van der Waals surface area contributed by atoms with E-state index in [0.717, 1.165) is 29.2 Å². The topological polar surface area (TPSA) is 71.8 Å². The molecule has 1 fully saturated rings. The van der Waals surface area contributed by atoms with Crippen LogP contribution in [0.15, 0.2) is 17.6 Å². The van der Waals surface area contributed by atoms with E-state index in [9.17, 15) is 4.79 Å². The molecule has 6 nitrogen and oxygen atoms in total. The summed E-state index contributed by atoms with van der Waals surface area (Å²) in [7, 11) is 1.86. The number of hydrogen-bond acceptors (Lipinski definition) is 4. The van der Waals surface area contributed by atoms with Crippen LogP contribution in [0.5, 0.6) is 0 Å². The minimum Gasteiger partial charge on any atom is -0.333 e. The summed E-state index contributed by atoms with van der Waals surface area (Å²) in [6.45, 7) is 2.45. The van der Waals surface area contributed by atoms with E-state index in [1.807, 2.05) is 25.4 Å². The zero-order chi connectivity index (χ0) is 14.8. The molecule has 0 aliphatic heterocycles. The number of rotatable bonds is 5. The van der Waals surface area contributed by atoms with E-state index in [1.54, 1.807) is 22.2 Å². The van der Waals surface area contributed by atoms with Crippen LogP contribution < -0.4 is 10.6 Å². The molecule has 7 heteroatoms. The Morgan fingerprint density at radius 2 is 2.38 bits per heavy atom. The molecule has 21 heavy (non-hydrogen) atoms. The summed E-state index contributed by atoms with van der Waals surface area (Å²) in [5, 5.41) is 13.1. The summed E-state index contributed by atoms with van der Waals surface area (Å²) in [5.74, 6) is 0.526. The summed E-state index contributed by atoms with van der Waals surface area (Å²) in [5.41, 5.74) is 1.98. The van der Waals surface area contributed by atoms with Crippen molar-refractivity contribution in [1.29, 1.82) is 0 Å². The van der Waals surface area contributed by atoms with Crippen LogP contribution in [-0.4, -0.2) is 20.8 Å². The van der Waals surface area contributed by atoms with Gasteiger partial charge in [-0.3, -0.25) is 4.68 Å². The fourth-order valence-electron chi connectivity index (χ4n) is 2.26. The number of urea groups is 1. The van der Waals surface area contributed by atoms with Gasteiger partial charge in [-0.15, -0.1) is 11.3 Å². The number of nitrogens with zero attached hydrogens (tertiary/aromatic N) is 3. The van der Waals surface area contributed by atoms with Gasteiger partial charge in [0.05, 0.1) is 18.3 Å². The van der Waals surface area contributed by atoms with Crippen molar-refractivity contribution in [2.45, 2.75) is 32.4 Å². The maximum absolute atomic E-state index is 12.1. The minimum absolute atomic E-state index is 0.0373. The Labute approximate surface area is 127 Å². The predicted octanol–water partition coefficient (Wildman–Crippen LogP) is 2.14. The third kappa shape index (κ3) is 3.41. The number of hydrogen-bond donors (Lipinski definition) is 2. The van der Waals surface area contributed by atoms with Crippen molar-refractivity contribution >= 4 is 17.4 Å². The molecule has 0 saturated heterocycles. The number of nitrogens with one attached hydrogen (secondary N) is 2. The molecule has 1 unspecified atom stereocenters. The highest BCUT2D eigenvalue weighted by Gasteiger charge is 2.35. The number of carbonyl (C=O) groups is 1. The maximum Gasteiger partial charge on any atom is 0.315 e. The first-order valence-electron chi connectivity index (χ1n) is 7.07. The second kappa shape index (κ2) is 5.85. The summed E-state index contributed by atoms with van der Waals surface area (Å²) in [4.78, 5) is 16.6. The third-order valence-corrected chi connectivity index (χ3v) is 4.68. The van der Waals surface area contributed by atoms with Gasteiger partial charge >= 0.3 is 6.03 Å². The van der Waals surface area contributed by atoms with Crippen LogP contribution in [0.4, 0.5) is 4.79 Å². The van der Waals surface area contributed by atoms with Crippen molar-refractivity contribution in [2.75, 3.05) is 0 Å². The van der Waals surface area contributed by atoms with Gasteiger partial charge in [-0.1, -0.05) is 0 Å². The van der Waals surface area contributed by atoms with Crippen LogP contribution in [0.25, 0.3) is 0 Å². The van der Waals surface area contributed by atoms with Crippen molar-refractivity contribution in [3.63, 3.8) is 0 Å². The molecule has 0 spiro atoms. The summed E-state index contributed by atoms with van der Waals surface area (Å²) in [6.07, 6.45) is 4.04. The van der Waals surface area contributed by atoms with Gasteiger partial charge < -0.3 is 10.6 Å². The zero-order valence-electron chi connectivity index (χ0n) is 12.2. The molecule has 2 heterocycles. The van der Waals surface area contributed by atoms with Gasteiger partial charge in [0.1, 0.15) is 5.01 Å². The fraction of sp³-hybridized carbons (Fsp3) is 0.500.